The Kier molecular flexibility index (Phi) is 5.95. The molecule has 0 amide bonds. The van der Waals surface area contributed by atoms with Crippen molar-refractivity contribution >= 4 is 11.3 Å². The molecule has 1 unspecified atom stereocenters. The Morgan fingerprint density at radius 2 is 2.17 bits per heavy atom. The van der Waals surface area contributed by atoms with Gasteiger partial charge in [0.2, 0.25) is 0 Å². The molecule has 1 aromatic heterocycles. The molecule has 0 aromatic carbocycles. The smallest absolute Gasteiger partial charge is 0.0327 e. The van der Waals surface area contributed by atoms with E-state index in [9.17, 15) is 0 Å². The van der Waals surface area contributed by atoms with Crippen molar-refractivity contribution in [3.05, 3.63) is 34.0 Å². The van der Waals surface area contributed by atoms with Crippen molar-refractivity contribution in [1.82, 2.24) is 5.32 Å². The Hall–Kier alpha value is -0.600. The third-order valence-electron chi connectivity index (χ3n) is 3.71. The second-order valence-corrected chi connectivity index (χ2v) is 6.16. The Balaban J connectivity index is 2.02. The monoisotopic (exact) mass is 263 g/mol. The highest BCUT2D eigenvalue weighted by Crippen LogP contribution is 2.23. The Labute approximate surface area is 115 Å². The van der Waals surface area contributed by atoms with E-state index >= 15 is 0 Å². The number of allylic oxidation sites excluding steroid dienone is 1. The van der Waals surface area contributed by atoms with Crippen LogP contribution in [0.5, 0.6) is 0 Å². The molecule has 1 aliphatic rings. The molecule has 0 radical (unpaired) electrons. The fourth-order valence-electron chi connectivity index (χ4n) is 2.74. The van der Waals surface area contributed by atoms with Gasteiger partial charge < -0.3 is 5.32 Å². The lowest BCUT2D eigenvalue weighted by molar-refractivity contribution is 0.538. The maximum Gasteiger partial charge on any atom is 0.0327 e. The van der Waals surface area contributed by atoms with Crippen LogP contribution in [0.2, 0.25) is 0 Å². The fourth-order valence-corrected chi connectivity index (χ4v) is 3.50. The summed E-state index contributed by atoms with van der Waals surface area (Å²) in [4.78, 5) is 1.50. The first-order chi connectivity index (χ1) is 8.90. The molecule has 1 N–H and O–H groups in total. The molecule has 100 valence electrons. The summed E-state index contributed by atoms with van der Waals surface area (Å²) in [5, 5.41) is 5.86. The summed E-state index contributed by atoms with van der Waals surface area (Å²) in [6.45, 7) is 3.28. The van der Waals surface area contributed by atoms with E-state index in [1.165, 1.54) is 43.4 Å². The number of rotatable bonds is 5. The molecule has 0 saturated carbocycles. The molecule has 2 rings (SSSR count). The van der Waals surface area contributed by atoms with Crippen molar-refractivity contribution in [3.63, 3.8) is 0 Å². The summed E-state index contributed by atoms with van der Waals surface area (Å²) in [6, 6.07) is 4.99. The molecule has 1 atom stereocenters. The van der Waals surface area contributed by atoms with E-state index in [0.29, 0.717) is 6.04 Å². The van der Waals surface area contributed by atoms with E-state index in [1.54, 1.807) is 5.57 Å². The third kappa shape index (κ3) is 4.25. The van der Waals surface area contributed by atoms with Crippen LogP contribution >= 0.6 is 11.3 Å². The summed E-state index contributed by atoms with van der Waals surface area (Å²) in [5.74, 6) is 0. The number of hydrogen-bond acceptors (Lipinski definition) is 2. The van der Waals surface area contributed by atoms with Gasteiger partial charge in [0, 0.05) is 17.3 Å². The zero-order valence-electron chi connectivity index (χ0n) is 11.5. The van der Waals surface area contributed by atoms with Crippen molar-refractivity contribution in [2.24, 2.45) is 0 Å². The lowest BCUT2D eigenvalue weighted by Gasteiger charge is -2.22. The Morgan fingerprint density at radius 3 is 2.94 bits per heavy atom. The molecular formula is C16H25NS. The third-order valence-corrected chi connectivity index (χ3v) is 4.61. The Morgan fingerprint density at radius 1 is 1.28 bits per heavy atom. The van der Waals surface area contributed by atoms with Gasteiger partial charge in [-0.2, -0.15) is 0 Å². The SMILES string of the molecule is CCNC(Cc1cccs1)/C1=C/CCCCCC1. The molecule has 18 heavy (non-hydrogen) atoms. The van der Waals surface area contributed by atoms with Gasteiger partial charge in [-0.05, 0) is 43.7 Å². The molecule has 2 heteroatoms. The zero-order valence-corrected chi connectivity index (χ0v) is 12.3. The standard InChI is InChI=1S/C16H25NS/c1-2-17-16(13-15-11-8-12-18-15)14-9-6-4-3-5-7-10-14/h8-9,11-12,16-17H,2-7,10,13H2,1H3/b14-9+. The maximum absolute atomic E-state index is 3.68. The number of hydrogen-bond donors (Lipinski definition) is 1. The van der Waals surface area contributed by atoms with Gasteiger partial charge in [0.25, 0.3) is 0 Å². The van der Waals surface area contributed by atoms with E-state index in [1.807, 2.05) is 11.3 Å². The molecule has 0 spiro atoms. The normalized spacial score (nSPS) is 21.7. The van der Waals surface area contributed by atoms with E-state index in [4.69, 9.17) is 0 Å². The van der Waals surface area contributed by atoms with Crippen molar-refractivity contribution in [3.8, 4) is 0 Å². The quantitative estimate of drug-likeness (QED) is 0.769. The van der Waals surface area contributed by atoms with Crippen molar-refractivity contribution in [2.45, 2.75) is 57.9 Å². The van der Waals surface area contributed by atoms with E-state index in [2.05, 4.69) is 35.8 Å². The number of nitrogens with one attached hydrogen (secondary N) is 1. The van der Waals surface area contributed by atoms with Crippen LogP contribution in [0.1, 0.15) is 50.3 Å². The minimum atomic E-state index is 0.562. The first-order valence-electron chi connectivity index (χ1n) is 7.35. The summed E-state index contributed by atoms with van der Waals surface area (Å²) in [6.07, 6.45) is 11.8. The predicted molar refractivity (Wildman–Crippen MR) is 81.3 cm³/mol. The van der Waals surface area contributed by atoms with Crippen LogP contribution in [0.4, 0.5) is 0 Å². The summed E-state index contributed by atoms with van der Waals surface area (Å²) in [5.41, 5.74) is 1.66. The zero-order chi connectivity index (χ0) is 12.6. The largest absolute Gasteiger partial charge is 0.310 e. The second kappa shape index (κ2) is 7.75. The van der Waals surface area contributed by atoms with Crippen LogP contribution in [0.3, 0.4) is 0 Å². The fraction of sp³-hybridized carbons (Fsp3) is 0.625. The van der Waals surface area contributed by atoms with Gasteiger partial charge in [0.1, 0.15) is 0 Å². The first-order valence-corrected chi connectivity index (χ1v) is 8.23. The molecule has 1 aromatic rings. The van der Waals surface area contributed by atoms with E-state index < -0.39 is 0 Å². The van der Waals surface area contributed by atoms with Gasteiger partial charge in [0.05, 0.1) is 0 Å². The van der Waals surface area contributed by atoms with Crippen molar-refractivity contribution in [1.29, 1.82) is 0 Å². The van der Waals surface area contributed by atoms with Crippen LogP contribution < -0.4 is 5.32 Å². The van der Waals surface area contributed by atoms with Gasteiger partial charge in [-0.3, -0.25) is 0 Å². The van der Waals surface area contributed by atoms with Crippen LogP contribution in [-0.2, 0) is 6.42 Å². The van der Waals surface area contributed by atoms with Crippen molar-refractivity contribution in [2.75, 3.05) is 6.54 Å². The highest BCUT2D eigenvalue weighted by molar-refractivity contribution is 7.09. The molecule has 0 fully saturated rings. The number of likely N-dealkylation sites (N-methyl/N-ethyl adjacent to an activating group) is 1. The molecule has 1 aliphatic carbocycles. The average Bonchev–Trinajstić information content (AvgIpc) is 2.81. The summed E-state index contributed by atoms with van der Waals surface area (Å²) in [7, 11) is 0. The van der Waals surface area contributed by atoms with Gasteiger partial charge >= 0.3 is 0 Å². The molecule has 0 saturated heterocycles. The van der Waals surface area contributed by atoms with Crippen molar-refractivity contribution < 1.29 is 0 Å². The summed E-state index contributed by atoms with van der Waals surface area (Å²) < 4.78 is 0. The minimum absolute atomic E-state index is 0.562. The van der Waals surface area contributed by atoms with Gasteiger partial charge in [-0.25, -0.2) is 0 Å². The lowest BCUT2D eigenvalue weighted by atomic mass is 9.93. The van der Waals surface area contributed by atoms with Gasteiger partial charge in [-0.15, -0.1) is 11.3 Å². The van der Waals surface area contributed by atoms with Crippen LogP contribution in [0.15, 0.2) is 29.2 Å². The van der Waals surface area contributed by atoms with Crippen LogP contribution in [-0.4, -0.2) is 12.6 Å². The lowest BCUT2D eigenvalue weighted by Crippen LogP contribution is -2.33. The van der Waals surface area contributed by atoms with E-state index in [0.717, 1.165) is 13.0 Å². The molecule has 0 bridgehead atoms. The average molecular weight is 263 g/mol. The van der Waals surface area contributed by atoms with E-state index in [-0.39, 0.29) is 0 Å². The summed E-state index contributed by atoms with van der Waals surface area (Å²) >= 11 is 1.88. The highest BCUT2D eigenvalue weighted by Gasteiger charge is 2.15. The predicted octanol–water partition coefficient (Wildman–Crippen LogP) is 4.55. The molecule has 1 heterocycles. The first kappa shape index (κ1) is 13.8. The van der Waals surface area contributed by atoms with Crippen LogP contribution in [0, 0.1) is 0 Å². The number of thiophene rings is 1. The minimum Gasteiger partial charge on any atom is -0.310 e. The molecule has 0 aliphatic heterocycles. The Bertz CT molecular complexity index is 353. The van der Waals surface area contributed by atoms with Crippen LogP contribution in [0.25, 0.3) is 0 Å². The van der Waals surface area contributed by atoms with Gasteiger partial charge in [0.15, 0.2) is 0 Å². The molecular weight excluding hydrogens is 238 g/mol. The highest BCUT2D eigenvalue weighted by atomic mass is 32.1. The maximum atomic E-state index is 3.68. The molecule has 1 nitrogen and oxygen atoms in total. The van der Waals surface area contributed by atoms with Gasteiger partial charge in [-0.1, -0.05) is 37.5 Å². The second-order valence-electron chi connectivity index (χ2n) is 5.13. The topological polar surface area (TPSA) is 12.0 Å².